The SMILES string of the molecule is CC(=NOC(=O)c1ccccc1)c1cc(-c2ccccc2)no1. The summed E-state index contributed by atoms with van der Waals surface area (Å²) in [5.41, 5.74) is 2.51. The van der Waals surface area contributed by atoms with Gasteiger partial charge in [-0.2, -0.15) is 0 Å². The van der Waals surface area contributed by atoms with E-state index in [2.05, 4.69) is 10.3 Å². The highest BCUT2D eigenvalue weighted by Crippen LogP contribution is 2.19. The second-order valence-electron chi connectivity index (χ2n) is 4.86. The smallest absolute Gasteiger partial charge is 0.354 e. The Balaban J connectivity index is 1.72. The normalized spacial score (nSPS) is 11.3. The number of carbonyl (C=O) groups is 1. The van der Waals surface area contributed by atoms with Gasteiger partial charge in [0.05, 0.1) is 5.56 Å². The zero-order chi connectivity index (χ0) is 16.1. The van der Waals surface area contributed by atoms with Crippen LogP contribution in [-0.4, -0.2) is 16.8 Å². The van der Waals surface area contributed by atoms with E-state index in [1.165, 1.54) is 0 Å². The minimum absolute atomic E-state index is 0.434. The predicted molar refractivity (Wildman–Crippen MR) is 86.0 cm³/mol. The molecule has 0 saturated heterocycles. The molecule has 0 aliphatic heterocycles. The van der Waals surface area contributed by atoms with Gasteiger partial charge in [0, 0.05) is 11.6 Å². The molecule has 3 rings (SSSR count). The lowest BCUT2D eigenvalue weighted by Gasteiger charge is -1.98. The van der Waals surface area contributed by atoms with E-state index in [1.54, 1.807) is 37.3 Å². The monoisotopic (exact) mass is 306 g/mol. The summed E-state index contributed by atoms with van der Waals surface area (Å²) in [6, 6.07) is 20.1. The van der Waals surface area contributed by atoms with E-state index in [4.69, 9.17) is 9.36 Å². The van der Waals surface area contributed by atoms with Crippen LogP contribution in [0, 0.1) is 0 Å². The number of aromatic nitrogens is 1. The maximum Gasteiger partial charge on any atom is 0.365 e. The maximum absolute atomic E-state index is 11.8. The Bertz CT molecular complexity index is 824. The highest BCUT2D eigenvalue weighted by Gasteiger charge is 2.11. The number of rotatable bonds is 4. The molecule has 0 fully saturated rings. The summed E-state index contributed by atoms with van der Waals surface area (Å²) >= 11 is 0. The van der Waals surface area contributed by atoms with Crippen LogP contribution >= 0.6 is 0 Å². The van der Waals surface area contributed by atoms with Crippen molar-refractivity contribution >= 4 is 11.7 Å². The minimum atomic E-state index is -0.521. The van der Waals surface area contributed by atoms with E-state index in [-0.39, 0.29) is 0 Å². The molecule has 114 valence electrons. The van der Waals surface area contributed by atoms with Crippen LogP contribution in [0.1, 0.15) is 23.0 Å². The fraction of sp³-hybridized carbons (Fsp3) is 0.0556. The van der Waals surface area contributed by atoms with Gasteiger partial charge in [0.1, 0.15) is 11.4 Å². The van der Waals surface area contributed by atoms with Crippen LogP contribution in [0.5, 0.6) is 0 Å². The van der Waals surface area contributed by atoms with Crippen molar-refractivity contribution in [2.24, 2.45) is 5.16 Å². The zero-order valence-corrected chi connectivity index (χ0v) is 12.5. The average molecular weight is 306 g/mol. The molecule has 0 bridgehead atoms. The molecule has 5 nitrogen and oxygen atoms in total. The summed E-state index contributed by atoms with van der Waals surface area (Å²) in [5, 5.41) is 7.81. The average Bonchev–Trinajstić information content (AvgIpc) is 3.11. The van der Waals surface area contributed by atoms with E-state index >= 15 is 0 Å². The number of nitrogens with zero attached hydrogens (tertiary/aromatic N) is 2. The Morgan fingerprint density at radius 3 is 2.39 bits per heavy atom. The van der Waals surface area contributed by atoms with Crippen molar-refractivity contribution in [2.45, 2.75) is 6.92 Å². The summed E-state index contributed by atoms with van der Waals surface area (Å²) in [5.74, 6) is -0.0718. The van der Waals surface area contributed by atoms with Crippen molar-refractivity contribution in [3.05, 3.63) is 78.1 Å². The number of hydrogen-bond donors (Lipinski definition) is 0. The van der Waals surface area contributed by atoms with Gasteiger partial charge in [-0.05, 0) is 19.1 Å². The molecule has 0 spiro atoms. The highest BCUT2D eigenvalue weighted by molar-refractivity contribution is 5.97. The fourth-order valence-corrected chi connectivity index (χ4v) is 1.97. The summed E-state index contributed by atoms with van der Waals surface area (Å²) in [6.45, 7) is 1.69. The third-order valence-corrected chi connectivity index (χ3v) is 3.21. The third kappa shape index (κ3) is 3.52. The number of carbonyl (C=O) groups excluding carboxylic acids is 1. The molecule has 5 heteroatoms. The van der Waals surface area contributed by atoms with Crippen LogP contribution in [0.15, 0.2) is 76.4 Å². The van der Waals surface area contributed by atoms with Crippen LogP contribution in [0.4, 0.5) is 0 Å². The zero-order valence-electron chi connectivity index (χ0n) is 12.5. The number of oxime groups is 1. The minimum Gasteiger partial charge on any atom is -0.354 e. The van der Waals surface area contributed by atoms with Crippen molar-refractivity contribution in [1.29, 1.82) is 0 Å². The largest absolute Gasteiger partial charge is 0.365 e. The first-order valence-electron chi connectivity index (χ1n) is 7.07. The summed E-state index contributed by atoms with van der Waals surface area (Å²) in [4.78, 5) is 16.8. The second-order valence-corrected chi connectivity index (χ2v) is 4.86. The van der Waals surface area contributed by atoms with E-state index in [0.717, 1.165) is 5.56 Å². The molecule has 1 aromatic heterocycles. The van der Waals surface area contributed by atoms with Gasteiger partial charge in [0.25, 0.3) is 0 Å². The van der Waals surface area contributed by atoms with E-state index < -0.39 is 5.97 Å². The van der Waals surface area contributed by atoms with Gasteiger partial charge in [0.15, 0.2) is 5.76 Å². The molecule has 0 saturated carbocycles. The lowest BCUT2D eigenvalue weighted by Crippen LogP contribution is -2.03. The molecule has 0 aliphatic carbocycles. The van der Waals surface area contributed by atoms with Gasteiger partial charge in [-0.3, -0.25) is 0 Å². The predicted octanol–water partition coefficient (Wildman–Crippen LogP) is 3.92. The molecule has 0 N–H and O–H groups in total. The van der Waals surface area contributed by atoms with Crippen molar-refractivity contribution < 1.29 is 14.2 Å². The van der Waals surface area contributed by atoms with Crippen molar-refractivity contribution in [2.75, 3.05) is 0 Å². The molecule has 3 aromatic rings. The molecule has 0 amide bonds. The molecule has 0 aliphatic rings. The van der Waals surface area contributed by atoms with Crippen LogP contribution in [-0.2, 0) is 4.84 Å². The standard InChI is InChI=1S/C18H14N2O3/c1-13(19-23-18(21)15-10-6-3-7-11-15)17-12-16(20-22-17)14-8-4-2-5-9-14/h2-12H,1H3. The van der Waals surface area contributed by atoms with Gasteiger partial charge in [-0.1, -0.05) is 58.8 Å². The Morgan fingerprint density at radius 1 is 1.04 bits per heavy atom. The number of hydrogen-bond acceptors (Lipinski definition) is 5. The number of benzene rings is 2. The molecular formula is C18H14N2O3. The third-order valence-electron chi connectivity index (χ3n) is 3.21. The van der Waals surface area contributed by atoms with Crippen LogP contribution < -0.4 is 0 Å². The molecule has 23 heavy (non-hydrogen) atoms. The van der Waals surface area contributed by atoms with E-state index in [0.29, 0.717) is 22.7 Å². The lowest BCUT2D eigenvalue weighted by molar-refractivity contribution is 0.0516. The van der Waals surface area contributed by atoms with Crippen LogP contribution in [0.3, 0.4) is 0 Å². The fourth-order valence-electron chi connectivity index (χ4n) is 1.97. The van der Waals surface area contributed by atoms with Crippen molar-refractivity contribution in [3.8, 4) is 11.3 Å². The summed E-state index contributed by atoms with van der Waals surface area (Å²) in [6.07, 6.45) is 0. The molecule has 1 heterocycles. The van der Waals surface area contributed by atoms with Crippen molar-refractivity contribution in [3.63, 3.8) is 0 Å². The summed E-state index contributed by atoms with van der Waals surface area (Å²) < 4.78 is 5.25. The highest BCUT2D eigenvalue weighted by atomic mass is 16.7. The Hall–Kier alpha value is -3.21. The first-order valence-corrected chi connectivity index (χ1v) is 7.07. The quantitative estimate of drug-likeness (QED) is 0.416. The first-order chi connectivity index (χ1) is 11.2. The Kier molecular flexibility index (Phi) is 4.29. The van der Waals surface area contributed by atoms with Gasteiger partial charge < -0.3 is 9.36 Å². The van der Waals surface area contributed by atoms with Gasteiger partial charge in [-0.15, -0.1) is 0 Å². The maximum atomic E-state index is 11.8. The molecule has 0 atom stereocenters. The molecule has 2 aromatic carbocycles. The molecule has 0 unspecified atom stereocenters. The second kappa shape index (κ2) is 6.70. The van der Waals surface area contributed by atoms with E-state index in [1.807, 2.05) is 36.4 Å². The topological polar surface area (TPSA) is 64.7 Å². The van der Waals surface area contributed by atoms with E-state index in [9.17, 15) is 4.79 Å². The van der Waals surface area contributed by atoms with Crippen LogP contribution in [0.25, 0.3) is 11.3 Å². The van der Waals surface area contributed by atoms with Crippen LogP contribution in [0.2, 0.25) is 0 Å². The van der Waals surface area contributed by atoms with Gasteiger partial charge >= 0.3 is 5.97 Å². The Labute approximate surface area is 133 Å². The van der Waals surface area contributed by atoms with Crippen molar-refractivity contribution in [1.82, 2.24) is 5.16 Å². The Morgan fingerprint density at radius 2 is 1.70 bits per heavy atom. The molecular weight excluding hydrogens is 292 g/mol. The molecule has 0 radical (unpaired) electrons. The first kappa shape index (κ1) is 14.7. The lowest BCUT2D eigenvalue weighted by atomic mass is 10.1. The summed E-state index contributed by atoms with van der Waals surface area (Å²) in [7, 11) is 0. The van der Waals surface area contributed by atoms with Gasteiger partial charge in [-0.25, -0.2) is 4.79 Å². The van der Waals surface area contributed by atoms with Gasteiger partial charge in [0.2, 0.25) is 0 Å².